The van der Waals surface area contributed by atoms with Crippen LogP contribution in [-0.2, 0) is 4.74 Å². The summed E-state index contributed by atoms with van der Waals surface area (Å²) < 4.78 is 5.73. The molecule has 1 atom stereocenters. The third kappa shape index (κ3) is 3.95. The van der Waals surface area contributed by atoms with E-state index in [1.807, 2.05) is 74.5 Å². The second-order valence-corrected chi connectivity index (χ2v) is 9.01. The van der Waals surface area contributed by atoms with Crippen LogP contribution in [0, 0.1) is 0 Å². The van der Waals surface area contributed by atoms with Gasteiger partial charge in [0.2, 0.25) is 0 Å². The number of ether oxygens (including phenoxy) is 1. The third-order valence-electron chi connectivity index (χ3n) is 5.91. The summed E-state index contributed by atoms with van der Waals surface area (Å²) in [5.74, 6) is 0.372. The van der Waals surface area contributed by atoms with Crippen LogP contribution in [0.2, 0.25) is 5.15 Å². The Hall–Kier alpha value is -3.97. The van der Waals surface area contributed by atoms with E-state index in [1.54, 1.807) is 23.4 Å². The van der Waals surface area contributed by atoms with Crippen LogP contribution < -0.4 is 10.6 Å². The minimum absolute atomic E-state index is 0.249. The molecule has 5 rings (SSSR count). The van der Waals surface area contributed by atoms with E-state index in [9.17, 15) is 4.79 Å². The number of hydrogen-bond donors (Lipinski definition) is 1. The van der Waals surface area contributed by atoms with Gasteiger partial charge in [-0.25, -0.2) is 9.78 Å². The predicted octanol–water partition coefficient (Wildman–Crippen LogP) is 5.92. The number of anilines is 2. The lowest BCUT2D eigenvalue weighted by molar-refractivity contribution is 0.0685. The van der Waals surface area contributed by atoms with E-state index in [0.717, 1.165) is 27.9 Å². The van der Waals surface area contributed by atoms with Crippen LogP contribution in [0.1, 0.15) is 25.5 Å². The highest BCUT2D eigenvalue weighted by molar-refractivity contribution is 6.29. The zero-order chi connectivity index (χ0) is 23.9. The van der Waals surface area contributed by atoms with Gasteiger partial charge in [0.25, 0.3) is 0 Å². The number of carbonyl (C=O) groups excluding carboxylic acids is 1. The fourth-order valence-corrected chi connectivity index (χ4v) is 4.51. The molecule has 1 unspecified atom stereocenters. The second kappa shape index (κ2) is 8.43. The van der Waals surface area contributed by atoms with Crippen molar-refractivity contribution in [1.82, 2.24) is 15.2 Å². The first kappa shape index (κ1) is 21.9. The van der Waals surface area contributed by atoms with E-state index in [-0.39, 0.29) is 17.3 Å². The molecule has 0 bridgehead atoms. The molecule has 1 fully saturated rings. The molecule has 1 aliphatic heterocycles. The fraction of sp³-hybridized carbons (Fsp3) is 0.154. The second-order valence-electron chi connectivity index (χ2n) is 8.63. The lowest BCUT2D eigenvalue weighted by Gasteiger charge is -2.29. The zero-order valence-corrected chi connectivity index (χ0v) is 19.4. The Morgan fingerprint density at radius 2 is 1.71 bits per heavy atom. The number of rotatable bonds is 4. The van der Waals surface area contributed by atoms with Crippen molar-refractivity contribution in [3.05, 3.63) is 89.8 Å². The summed E-state index contributed by atoms with van der Waals surface area (Å²) in [4.78, 5) is 18.9. The van der Waals surface area contributed by atoms with Crippen molar-refractivity contribution in [2.75, 3.05) is 10.6 Å². The van der Waals surface area contributed by atoms with Crippen LogP contribution >= 0.6 is 11.6 Å². The fourth-order valence-electron chi connectivity index (χ4n) is 4.35. The Morgan fingerprint density at radius 3 is 2.41 bits per heavy atom. The Morgan fingerprint density at radius 1 is 0.971 bits per heavy atom. The molecule has 2 aromatic carbocycles. The van der Waals surface area contributed by atoms with E-state index in [1.165, 1.54) is 0 Å². The Kier molecular flexibility index (Phi) is 5.42. The Bertz CT molecular complexity index is 1360. The van der Waals surface area contributed by atoms with Gasteiger partial charge in [0.05, 0.1) is 6.20 Å². The first-order valence-corrected chi connectivity index (χ1v) is 11.1. The van der Waals surface area contributed by atoms with Gasteiger partial charge in [0, 0.05) is 28.6 Å². The number of halogens is 1. The molecule has 34 heavy (non-hydrogen) atoms. The maximum absolute atomic E-state index is 12.9. The summed E-state index contributed by atoms with van der Waals surface area (Å²) in [7, 11) is 0. The van der Waals surface area contributed by atoms with Crippen LogP contribution in [0.25, 0.3) is 22.3 Å². The van der Waals surface area contributed by atoms with Crippen LogP contribution in [-0.4, -0.2) is 26.9 Å². The van der Waals surface area contributed by atoms with Crippen molar-refractivity contribution >= 4 is 29.2 Å². The average molecular weight is 472 g/mol. The van der Waals surface area contributed by atoms with E-state index < -0.39 is 5.60 Å². The molecule has 8 heteroatoms. The lowest BCUT2D eigenvalue weighted by atomic mass is 9.91. The van der Waals surface area contributed by atoms with Gasteiger partial charge in [-0.3, -0.25) is 4.90 Å². The monoisotopic (exact) mass is 471 g/mol. The molecule has 0 aliphatic carbocycles. The maximum Gasteiger partial charge on any atom is 0.415 e. The summed E-state index contributed by atoms with van der Waals surface area (Å²) in [6, 6.07) is 21.0. The number of hydrogen-bond acceptors (Lipinski definition) is 6. The maximum atomic E-state index is 12.9. The lowest BCUT2D eigenvalue weighted by Crippen LogP contribution is -2.33. The van der Waals surface area contributed by atoms with Crippen molar-refractivity contribution in [1.29, 1.82) is 0 Å². The molecular weight excluding hydrogens is 450 g/mol. The smallest absolute Gasteiger partial charge is 0.415 e. The van der Waals surface area contributed by atoms with Gasteiger partial charge >= 0.3 is 6.09 Å². The Labute approximate surface area is 202 Å². The number of carbonyl (C=O) groups is 1. The van der Waals surface area contributed by atoms with Crippen LogP contribution in [0.15, 0.2) is 79.1 Å². The molecule has 1 saturated heterocycles. The van der Waals surface area contributed by atoms with E-state index in [0.29, 0.717) is 11.4 Å². The quantitative estimate of drug-likeness (QED) is 0.397. The van der Waals surface area contributed by atoms with Gasteiger partial charge in [-0.1, -0.05) is 54.1 Å². The molecular formula is C26H22ClN5O2. The van der Waals surface area contributed by atoms with Crippen molar-refractivity contribution in [3.63, 3.8) is 0 Å². The van der Waals surface area contributed by atoms with Crippen LogP contribution in [0.4, 0.5) is 16.3 Å². The summed E-state index contributed by atoms with van der Waals surface area (Å²) in [5.41, 5.74) is 10.4. The molecule has 2 aromatic heterocycles. The zero-order valence-electron chi connectivity index (χ0n) is 18.6. The number of cyclic esters (lactones) is 1. The summed E-state index contributed by atoms with van der Waals surface area (Å²) in [6.07, 6.45) is 2.94. The largest absolute Gasteiger partial charge is 0.441 e. The highest BCUT2D eigenvalue weighted by atomic mass is 35.5. The molecule has 4 aromatic rings. The normalized spacial score (nSPS) is 17.0. The molecule has 0 saturated carbocycles. The van der Waals surface area contributed by atoms with Gasteiger partial charge in [0.15, 0.2) is 5.15 Å². The number of aromatic nitrogens is 3. The van der Waals surface area contributed by atoms with Crippen molar-refractivity contribution in [3.8, 4) is 22.3 Å². The number of pyridine rings is 1. The third-order valence-corrected chi connectivity index (χ3v) is 6.10. The number of nitrogens with two attached hydrogens (primary N) is 1. The molecule has 170 valence electrons. The van der Waals surface area contributed by atoms with E-state index in [4.69, 9.17) is 22.1 Å². The van der Waals surface area contributed by atoms with Crippen LogP contribution in [0.5, 0.6) is 0 Å². The highest BCUT2D eigenvalue weighted by Gasteiger charge is 2.49. The van der Waals surface area contributed by atoms with Gasteiger partial charge in [-0.05, 0) is 49.2 Å². The molecule has 0 spiro atoms. The molecule has 0 radical (unpaired) electrons. The molecule has 2 N–H and O–H groups in total. The molecule has 7 nitrogen and oxygen atoms in total. The van der Waals surface area contributed by atoms with Gasteiger partial charge in [-0.2, -0.15) is 5.10 Å². The van der Waals surface area contributed by atoms with Crippen molar-refractivity contribution < 1.29 is 9.53 Å². The number of nitrogen functional groups attached to an aromatic ring is 1. The molecule has 3 heterocycles. The molecule has 1 amide bonds. The summed E-state index contributed by atoms with van der Waals surface area (Å²) in [6.45, 7) is 3.86. The minimum Gasteiger partial charge on any atom is -0.441 e. The van der Waals surface area contributed by atoms with Crippen molar-refractivity contribution in [2.24, 2.45) is 0 Å². The Balaban J connectivity index is 1.50. The SMILES string of the molecule is CC1(C)OC(=O)N(c2ccc(-c3cnc(N)c(-c4cnnc(Cl)c4)c3)cc2)C1c1ccccc1. The number of nitrogens with zero attached hydrogens (tertiary/aromatic N) is 4. The first-order chi connectivity index (χ1) is 16.3. The minimum atomic E-state index is -0.674. The van der Waals surface area contributed by atoms with Crippen molar-refractivity contribution in [2.45, 2.75) is 25.5 Å². The summed E-state index contributed by atoms with van der Waals surface area (Å²) >= 11 is 5.99. The average Bonchev–Trinajstić information content (AvgIpc) is 3.08. The predicted molar refractivity (Wildman–Crippen MR) is 132 cm³/mol. The number of benzene rings is 2. The highest BCUT2D eigenvalue weighted by Crippen LogP contribution is 2.44. The van der Waals surface area contributed by atoms with Gasteiger partial charge in [0.1, 0.15) is 17.5 Å². The standard InChI is InChI=1S/C26H22ClN5O2/c1-26(2)23(17-6-4-3-5-7-17)32(25(33)34-26)20-10-8-16(9-11-20)18-12-21(24(28)29-14-18)19-13-22(27)31-30-15-19/h3-15,23H,1-2H3,(H2,28,29). The van der Waals surface area contributed by atoms with E-state index in [2.05, 4.69) is 15.2 Å². The van der Waals surface area contributed by atoms with Gasteiger partial charge < -0.3 is 10.5 Å². The van der Waals surface area contributed by atoms with E-state index >= 15 is 0 Å². The molecule has 1 aliphatic rings. The summed E-state index contributed by atoms with van der Waals surface area (Å²) in [5, 5.41) is 7.95. The number of amides is 1. The topological polar surface area (TPSA) is 94.2 Å². The first-order valence-electron chi connectivity index (χ1n) is 10.8. The van der Waals surface area contributed by atoms with Crippen LogP contribution in [0.3, 0.4) is 0 Å². The van der Waals surface area contributed by atoms with Gasteiger partial charge in [-0.15, -0.1) is 5.10 Å².